The standard InChI is InChI=1S/C30H32N4O3/c1-21-8-7-15-34-19-22(31-28(21)34)20-36-26-11-5-4-10-24(26)29(35)32-25-18-30(13-16-33(2)17-14-30)37-27-12-6-3-9-23(25)27/h3-12,15,19,25H,13-14,16-18,20H2,1-2H3,(H,32,35). The molecule has 4 heterocycles. The third-order valence-corrected chi connectivity index (χ3v) is 7.64. The van der Waals surface area contributed by atoms with Crippen LogP contribution >= 0.6 is 0 Å². The van der Waals surface area contributed by atoms with E-state index < -0.39 is 0 Å². The Hall–Kier alpha value is -3.84. The smallest absolute Gasteiger partial charge is 0.255 e. The normalized spacial score (nSPS) is 18.8. The molecule has 1 atom stereocenters. The number of imidazole rings is 1. The van der Waals surface area contributed by atoms with Crippen molar-refractivity contribution >= 4 is 11.6 Å². The predicted octanol–water partition coefficient (Wildman–Crippen LogP) is 4.94. The van der Waals surface area contributed by atoms with Gasteiger partial charge in [0.2, 0.25) is 0 Å². The van der Waals surface area contributed by atoms with Crippen LogP contribution in [0, 0.1) is 6.92 Å². The zero-order valence-corrected chi connectivity index (χ0v) is 21.3. The highest BCUT2D eigenvalue weighted by molar-refractivity contribution is 5.97. The lowest BCUT2D eigenvalue weighted by atomic mass is 9.80. The number of piperidine rings is 1. The molecule has 1 saturated heterocycles. The lowest BCUT2D eigenvalue weighted by Crippen LogP contribution is -2.51. The van der Waals surface area contributed by atoms with Gasteiger partial charge in [0.05, 0.1) is 17.3 Å². The van der Waals surface area contributed by atoms with Crippen LogP contribution in [0.3, 0.4) is 0 Å². The van der Waals surface area contributed by atoms with Crippen LogP contribution in [0.15, 0.2) is 73.1 Å². The van der Waals surface area contributed by atoms with E-state index in [1.54, 1.807) is 0 Å². The molecule has 0 saturated carbocycles. The second-order valence-corrected chi connectivity index (χ2v) is 10.3. The van der Waals surface area contributed by atoms with Gasteiger partial charge in [-0.2, -0.15) is 0 Å². The van der Waals surface area contributed by atoms with Crippen LogP contribution in [-0.2, 0) is 6.61 Å². The number of pyridine rings is 1. The van der Waals surface area contributed by atoms with Crippen molar-refractivity contribution in [1.82, 2.24) is 19.6 Å². The summed E-state index contributed by atoms with van der Waals surface area (Å²) in [5.74, 6) is 1.27. The van der Waals surface area contributed by atoms with Crippen LogP contribution in [-0.4, -0.2) is 45.9 Å². The minimum atomic E-state index is -0.254. The molecular weight excluding hydrogens is 464 g/mol. The number of carbonyl (C=O) groups excluding carboxylic acids is 1. The van der Waals surface area contributed by atoms with Crippen molar-refractivity contribution < 1.29 is 14.3 Å². The molecule has 1 spiro atoms. The number of para-hydroxylation sites is 2. The summed E-state index contributed by atoms with van der Waals surface area (Å²) < 4.78 is 14.7. The number of ether oxygens (including phenoxy) is 2. The first-order valence-electron chi connectivity index (χ1n) is 12.9. The van der Waals surface area contributed by atoms with Crippen molar-refractivity contribution in [3.05, 3.63) is 95.4 Å². The van der Waals surface area contributed by atoms with E-state index in [2.05, 4.69) is 23.3 Å². The van der Waals surface area contributed by atoms with Crippen molar-refractivity contribution in [3.63, 3.8) is 0 Å². The molecule has 6 rings (SSSR count). The first-order valence-corrected chi connectivity index (χ1v) is 12.9. The van der Waals surface area contributed by atoms with Crippen molar-refractivity contribution in [2.75, 3.05) is 20.1 Å². The number of amides is 1. The van der Waals surface area contributed by atoms with E-state index in [1.807, 2.05) is 78.3 Å². The number of aryl methyl sites for hydroxylation is 1. The van der Waals surface area contributed by atoms with Crippen LogP contribution < -0.4 is 14.8 Å². The number of likely N-dealkylation sites (tertiary alicyclic amines) is 1. The Morgan fingerprint density at radius 2 is 1.89 bits per heavy atom. The van der Waals surface area contributed by atoms with Crippen molar-refractivity contribution in [1.29, 1.82) is 0 Å². The Bertz CT molecular complexity index is 1440. The molecule has 0 aliphatic carbocycles. The monoisotopic (exact) mass is 496 g/mol. The number of nitrogens with one attached hydrogen (secondary N) is 1. The van der Waals surface area contributed by atoms with Gasteiger partial charge in [-0.1, -0.05) is 36.4 Å². The van der Waals surface area contributed by atoms with Crippen LogP contribution in [0.5, 0.6) is 11.5 Å². The minimum Gasteiger partial charge on any atom is -0.487 e. The molecule has 1 amide bonds. The van der Waals surface area contributed by atoms with E-state index >= 15 is 0 Å². The summed E-state index contributed by atoms with van der Waals surface area (Å²) in [7, 11) is 2.15. The SMILES string of the molecule is Cc1cccn2cc(COc3ccccc3C(=O)NC3CC4(CCN(C)CC4)Oc4ccccc43)nc12. The molecule has 7 heteroatoms. The molecule has 2 aromatic heterocycles. The van der Waals surface area contributed by atoms with E-state index in [0.717, 1.165) is 60.6 Å². The zero-order valence-electron chi connectivity index (χ0n) is 21.3. The number of aromatic nitrogens is 2. The molecule has 7 nitrogen and oxygen atoms in total. The Morgan fingerprint density at radius 3 is 2.73 bits per heavy atom. The minimum absolute atomic E-state index is 0.129. The summed E-state index contributed by atoms with van der Waals surface area (Å²) in [5, 5.41) is 3.31. The second kappa shape index (κ2) is 9.56. The highest BCUT2D eigenvalue weighted by Crippen LogP contribution is 2.44. The third-order valence-electron chi connectivity index (χ3n) is 7.64. The quantitative estimate of drug-likeness (QED) is 0.424. The Balaban J connectivity index is 1.21. The topological polar surface area (TPSA) is 68.1 Å². The largest absolute Gasteiger partial charge is 0.487 e. The van der Waals surface area contributed by atoms with E-state index in [-0.39, 0.29) is 24.2 Å². The van der Waals surface area contributed by atoms with Crippen molar-refractivity contribution in [2.24, 2.45) is 0 Å². The van der Waals surface area contributed by atoms with Gasteiger partial charge < -0.3 is 24.1 Å². The third kappa shape index (κ3) is 4.67. The van der Waals surface area contributed by atoms with Gasteiger partial charge >= 0.3 is 0 Å². The lowest BCUT2D eigenvalue weighted by Gasteiger charge is -2.46. The van der Waals surface area contributed by atoms with Gasteiger partial charge in [-0.15, -0.1) is 0 Å². The maximum absolute atomic E-state index is 13.6. The number of nitrogens with zero attached hydrogens (tertiary/aromatic N) is 3. The molecule has 1 N–H and O–H groups in total. The fourth-order valence-corrected chi connectivity index (χ4v) is 5.52. The Morgan fingerprint density at radius 1 is 1.11 bits per heavy atom. The summed E-state index contributed by atoms with van der Waals surface area (Å²) in [5.41, 5.74) is 4.12. The van der Waals surface area contributed by atoms with E-state index in [4.69, 9.17) is 14.5 Å². The molecule has 0 bridgehead atoms. The first kappa shape index (κ1) is 23.6. The molecule has 190 valence electrons. The fraction of sp³-hybridized carbons (Fsp3) is 0.333. The van der Waals surface area contributed by atoms with Gasteiger partial charge in [0.1, 0.15) is 29.4 Å². The van der Waals surface area contributed by atoms with Crippen LogP contribution in [0.2, 0.25) is 0 Å². The van der Waals surface area contributed by atoms with Gasteiger partial charge in [0.15, 0.2) is 0 Å². The molecule has 1 fully saturated rings. The zero-order chi connectivity index (χ0) is 25.4. The lowest BCUT2D eigenvalue weighted by molar-refractivity contribution is -0.0195. The molecule has 1 unspecified atom stereocenters. The summed E-state index contributed by atoms with van der Waals surface area (Å²) in [6.45, 7) is 4.29. The Labute approximate surface area is 217 Å². The molecule has 2 aliphatic rings. The highest BCUT2D eigenvalue weighted by atomic mass is 16.5. The number of fused-ring (bicyclic) bond motifs is 2. The predicted molar refractivity (Wildman–Crippen MR) is 142 cm³/mol. The summed E-state index contributed by atoms with van der Waals surface area (Å²) in [4.78, 5) is 20.6. The molecular formula is C30H32N4O3. The molecule has 37 heavy (non-hydrogen) atoms. The van der Waals surface area contributed by atoms with Crippen LogP contribution in [0.25, 0.3) is 5.65 Å². The van der Waals surface area contributed by atoms with Gasteiger partial charge in [-0.25, -0.2) is 4.98 Å². The van der Waals surface area contributed by atoms with E-state index in [0.29, 0.717) is 11.3 Å². The average molecular weight is 497 g/mol. The number of benzene rings is 2. The van der Waals surface area contributed by atoms with Gasteiger partial charge in [0.25, 0.3) is 5.91 Å². The van der Waals surface area contributed by atoms with Gasteiger partial charge in [0, 0.05) is 37.5 Å². The fourth-order valence-electron chi connectivity index (χ4n) is 5.52. The van der Waals surface area contributed by atoms with Gasteiger partial charge in [-0.3, -0.25) is 4.79 Å². The van der Waals surface area contributed by atoms with E-state index in [1.165, 1.54) is 0 Å². The maximum atomic E-state index is 13.6. The average Bonchev–Trinajstić information content (AvgIpc) is 3.34. The highest BCUT2D eigenvalue weighted by Gasteiger charge is 2.43. The Kier molecular flexibility index (Phi) is 6.08. The number of rotatable bonds is 5. The number of hydrogen-bond acceptors (Lipinski definition) is 5. The molecule has 2 aromatic carbocycles. The van der Waals surface area contributed by atoms with E-state index in [9.17, 15) is 4.79 Å². The summed E-state index contributed by atoms with van der Waals surface area (Å²) in [6.07, 6.45) is 6.59. The molecule has 2 aliphatic heterocycles. The number of hydrogen-bond donors (Lipinski definition) is 1. The maximum Gasteiger partial charge on any atom is 0.255 e. The van der Waals surface area contributed by atoms with Crippen LogP contribution in [0.4, 0.5) is 0 Å². The number of carbonyl (C=O) groups is 1. The van der Waals surface area contributed by atoms with Crippen molar-refractivity contribution in [2.45, 2.75) is 44.4 Å². The van der Waals surface area contributed by atoms with Gasteiger partial charge in [-0.05, 0) is 56.6 Å². The van der Waals surface area contributed by atoms with Crippen molar-refractivity contribution in [3.8, 4) is 11.5 Å². The molecule has 4 aromatic rings. The second-order valence-electron chi connectivity index (χ2n) is 10.3. The first-order chi connectivity index (χ1) is 18.0. The molecule has 0 radical (unpaired) electrons. The van der Waals surface area contributed by atoms with Crippen LogP contribution in [0.1, 0.15) is 52.5 Å². The summed E-state index contributed by atoms with van der Waals surface area (Å²) in [6, 6.07) is 19.4. The summed E-state index contributed by atoms with van der Waals surface area (Å²) >= 11 is 0.